The van der Waals surface area contributed by atoms with Crippen LogP contribution >= 0.6 is 0 Å². The van der Waals surface area contributed by atoms with Gasteiger partial charge in [-0.1, -0.05) is 48.5 Å². The van der Waals surface area contributed by atoms with Crippen LogP contribution in [0.25, 0.3) is 0 Å². The van der Waals surface area contributed by atoms with Gasteiger partial charge >= 0.3 is 0 Å². The highest BCUT2D eigenvalue weighted by atomic mass is 16.5. The molecule has 23 heavy (non-hydrogen) atoms. The molecule has 0 bridgehead atoms. The van der Waals surface area contributed by atoms with Gasteiger partial charge < -0.3 is 20.1 Å². The summed E-state index contributed by atoms with van der Waals surface area (Å²) in [7, 11) is 0. The maximum Gasteiger partial charge on any atom is 0.168 e. The van der Waals surface area contributed by atoms with Crippen molar-refractivity contribution in [3.8, 4) is 23.0 Å². The van der Waals surface area contributed by atoms with Crippen molar-refractivity contribution in [1.82, 2.24) is 0 Å². The zero-order valence-corrected chi connectivity index (χ0v) is 12.1. The maximum atomic E-state index is 11.6. The van der Waals surface area contributed by atoms with E-state index in [1.807, 2.05) is 24.3 Å². The average Bonchev–Trinajstić information content (AvgIpc) is 2.59. The van der Waals surface area contributed by atoms with Gasteiger partial charge in [0.15, 0.2) is 17.1 Å². The first-order valence-corrected chi connectivity index (χ1v) is 7.23. The van der Waals surface area contributed by atoms with Crippen LogP contribution in [0.4, 0.5) is 0 Å². The number of hydrogen-bond donors (Lipinski definition) is 3. The first-order chi connectivity index (χ1) is 11.1. The van der Waals surface area contributed by atoms with Crippen LogP contribution in [0, 0.1) is 0 Å². The third kappa shape index (κ3) is 1.82. The standard InChI is InChI=1S/C19H14O4/c20-14-10-11-16-17(18(14)21)19(22,12-6-2-1-3-7-12)13-8-4-5-9-15(13)23-16/h1-11,20-22H. The van der Waals surface area contributed by atoms with Crippen molar-refractivity contribution in [2.45, 2.75) is 5.60 Å². The lowest BCUT2D eigenvalue weighted by Gasteiger charge is -2.36. The van der Waals surface area contributed by atoms with Gasteiger partial charge in [-0.25, -0.2) is 0 Å². The summed E-state index contributed by atoms with van der Waals surface area (Å²) in [5.41, 5.74) is -0.381. The van der Waals surface area contributed by atoms with E-state index in [4.69, 9.17) is 4.74 Å². The van der Waals surface area contributed by atoms with Crippen LogP contribution in [-0.4, -0.2) is 15.3 Å². The second kappa shape index (κ2) is 4.76. The van der Waals surface area contributed by atoms with E-state index >= 15 is 0 Å². The fourth-order valence-corrected chi connectivity index (χ4v) is 3.08. The molecule has 1 aliphatic rings. The minimum absolute atomic E-state index is 0.141. The molecule has 114 valence electrons. The molecule has 0 saturated carbocycles. The molecule has 4 heteroatoms. The Morgan fingerprint density at radius 2 is 1.43 bits per heavy atom. The predicted octanol–water partition coefficient (Wildman–Crippen LogP) is 3.49. The van der Waals surface area contributed by atoms with Crippen LogP contribution in [0.2, 0.25) is 0 Å². The molecule has 4 rings (SSSR count). The molecular weight excluding hydrogens is 292 g/mol. The zero-order chi connectivity index (χ0) is 16.0. The SMILES string of the molecule is Oc1ccc2c(c1O)C(O)(c1ccccc1)c1ccccc1O2. The summed E-state index contributed by atoms with van der Waals surface area (Å²) in [6.07, 6.45) is 0. The van der Waals surface area contributed by atoms with Gasteiger partial charge in [-0.05, 0) is 23.8 Å². The van der Waals surface area contributed by atoms with Crippen molar-refractivity contribution < 1.29 is 20.1 Å². The highest BCUT2D eigenvalue weighted by Gasteiger charge is 2.44. The number of phenolic OH excluding ortho intramolecular Hbond substituents is 2. The number of rotatable bonds is 1. The molecule has 0 aliphatic carbocycles. The third-order valence-corrected chi connectivity index (χ3v) is 4.17. The van der Waals surface area contributed by atoms with Gasteiger partial charge in [-0.2, -0.15) is 0 Å². The molecule has 0 fully saturated rings. The molecule has 3 N–H and O–H groups in total. The summed E-state index contributed by atoms with van der Waals surface area (Å²) in [4.78, 5) is 0. The zero-order valence-electron chi connectivity index (χ0n) is 12.1. The summed E-state index contributed by atoms with van der Waals surface area (Å²) in [5.74, 6) is 0.131. The first kappa shape index (κ1) is 13.7. The van der Waals surface area contributed by atoms with Crippen LogP contribution in [-0.2, 0) is 5.60 Å². The number of aliphatic hydroxyl groups is 1. The van der Waals surface area contributed by atoms with E-state index in [0.29, 0.717) is 22.6 Å². The quantitative estimate of drug-likeness (QED) is 0.602. The van der Waals surface area contributed by atoms with Crippen molar-refractivity contribution in [2.24, 2.45) is 0 Å². The molecular formula is C19H14O4. The van der Waals surface area contributed by atoms with Crippen molar-refractivity contribution >= 4 is 0 Å². The molecule has 0 saturated heterocycles. The van der Waals surface area contributed by atoms with E-state index in [9.17, 15) is 15.3 Å². The lowest BCUT2D eigenvalue weighted by molar-refractivity contribution is 0.108. The number of fused-ring (bicyclic) bond motifs is 2. The van der Waals surface area contributed by atoms with Crippen molar-refractivity contribution in [3.05, 3.63) is 83.4 Å². The molecule has 3 aromatic carbocycles. The minimum Gasteiger partial charge on any atom is -0.504 e. The molecule has 0 radical (unpaired) electrons. The van der Waals surface area contributed by atoms with Gasteiger partial charge in [0.05, 0.1) is 5.56 Å². The molecule has 1 heterocycles. The Morgan fingerprint density at radius 3 is 2.22 bits per heavy atom. The summed E-state index contributed by atoms with van der Waals surface area (Å²) in [6.45, 7) is 0. The van der Waals surface area contributed by atoms with Gasteiger partial charge in [-0.3, -0.25) is 0 Å². The molecule has 0 spiro atoms. The van der Waals surface area contributed by atoms with Gasteiger partial charge in [0.25, 0.3) is 0 Å². The normalized spacial score (nSPS) is 18.7. The number of hydrogen-bond acceptors (Lipinski definition) is 4. The first-order valence-electron chi connectivity index (χ1n) is 7.23. The van der Waals surface area contributed by atoms with Gasteiger partial charge in [-0.15, -0.1) is 0 Å². The number of benzene rings is 3. The van der Waals surface area contributed by atoms with E-state index < -0.39 is 5.60 Å². The monoisotopic (exact) mass is 306 g/mol. The summed E-state index contributed by atoms with van der Waals surface area (Å²) < 4.78 is 5.80. The highest BCUT2D eigenvalue weighted by molar-refractivity contribution is 5.67. The smallest absolute Gasteiger partial charge is 0.168 e. The Bertz CT molecular complexity index is 889. The fourth-order valence-electron chi connectivity index (χ4n) is 3.08. The lowest BCUT2D eigenvalue weighted by Crippen LogP contribution is -2.32. The molecule has 0 aromatic heterocycles. The molecule has 1 unspecified atom stereocenters. The predicted molar refractivity (Wildman–Crippen MR) is 84.8 cm³/mol. The Balaban J connectivity index is 2.11. The van der Waals surface area contributed by atoms with E-state index in [2.05, 4.69) is 0 Å². The molecule has 3 aromatic rings. The van der Waals surface area contributed by atoms with Crippen molar-refractivity contribution in [2.75, 3.05) is 0 Å². The summed E-state index contributed by atoms with van der Waals surface area (Å²) in [5, 5.41) is 31.9. The Labute approximate surface area is 132 Å². The fraction of sp³-hybridized carbons (Fsp3) is 0.0526. The van der Waals surface area contributed by atoms with Crippen LogP contribution in [0.3, 0.4) is 0 Å². The maximum absolute atomic E-state index is 11.6. The number of aromatic hydroxyl groups is 2. The van der Waals surface area contributed by atoms with E-state index in [0.717, 1.165) is 0 Å². The number of phenols is 2. The van der Waals surface area contributed by atoms with Crippen LogP contribution in [0.1, 0.15) is 16.7 Å². The number of para-hydroxylation sites is 1. The van der Waals surface area contributed by atoms with Crippen LogP contribution in [0.15, 0.2) is 66.7 Å². The Hall–Kier alpha value is -2.98. The molecule has 1 atom stereocenters. The minimum atomic E-state index is -1.62. The van der Waals surface area contributed by atoms with Gasteiger partial charge in [0.2, 0.25) is 0 Å². The molecule has 1 aliphatic heterocycles. The second-order valence-corrected chi connectivity index (χ2v) is 5.48. The topological polar surface area (TPSA) is 69.9 Å². The third-order valence-electron chi connectivity index (χ3n) is 4.17. The van der Waals surface area contributed by atoms with E-state index in [1.165, 1.54) is 12.1 Å². The Kier molecular flexibility index (Phi) is 2.83. The second-order valence-electron chi connectivity index (χ2n) is 5.48. The van der Waals surface area contributed by atoms with Crippen molar-refractivity contribution in [1.29, 1.82) is 0 Å². The summed E-state index contributed by atoms with van der Waals surface area (Å²) >= 11 is 0. The van der Waals surface area contributed by atoms with Crippen molar-refractivity contribution in [3.63, 3.8) is 0 Å². The summed E-state index contributed by atoms with van der Waals surface area (Å²) in [6, 6.07) is 19.0. The van der Waals surface area contributed by atoms with Crippen LogP contribution in [0.5, 0.6) is 23.0 Å². The largest absolute Gasteiger partial charge is 0.504 e. The lowest BCUT2D eigenvalue weighted by atomic mass is 9.77. The Morgan fingerprint density at radius 1 is 0.739 bits per heavy atom. The van der Waals surface area contributed by atoms with Gasteiger partial charge in [0.1, 0.15) is 11.5 Å². The molecule has 4 nitrogen and oxygen atoms in total. The van der Waals surface area contributed by atoms with Gasteiger partial charge in [0, 0.05) is 5.56 Å². The van der Waals surface area contributed by atoms with E-state index in [-0.39, 0.29) is 17.1 Å². The number of ether oxygens (including phenoxy) is 1. The highest BCUT2D eigenvalue weighted by Crippen LogP contribution is 2.54. The van der Waals surface area contributed by atoms with E-state index in [1.54, 1.807) is 30.3 Å². The average molecular weight is 306 g/mol. The molecule has 0 amide bonds. The van der Waals surface area contributed by atoms with Crippen LogP contribution < -0.4 is 4.74 Å².